The van der Waals surface area contributed by atoms with Crippen molar-refractivity contribution in [2.45, 2.75) is 53.2 Å². The van der Waals surface area contributed by atoms with Gasteiger partial charge in [0.2, 0.25) is 5.91 Å². The molecule has 0 aliphatic carbocycles. The van der Waals surface area contributed by atoms with Gasteiger partial charge in [0.1, 0.15) is 6.17 Å². The standard InChI is InChI=1S/C15H24N2OS/c1-10-6-7-12(19-10)13-16-11(2)14(18)17(13)9-8-15(3,4)5/h6-7,11,13,16H,8-9H2,1-5H3. The van der Waals surface area contributed by atoms with Crippen molar-refractivity contribution in [2.24, 2.45) is 5.41 Å². The van der Waals surface area contributed by atoms with Crippen LogP contribution in [0.5, 0.6) is 0 Å². The lowest BCUT2D eigenvalue weighted by Crippen LogP contribution is -2.33. The van der Waals surface area contributed by atoms with E-state index >= 15 is 0 Å². The van der Waals surface area contributed by atoms with Crippen molar-refractivity contribution in [2.75, 3.05) is 6.54 Å². The average Bonchev–Trinajstić information content (AvgIpc) is 2.82. The molecule has 1 N–H and O–H groups in total. The highest BCUT2D eigenvalue weighted by molar-refractivity contribution is 7.12. The van der Waals surface area contributed by atoms with Crippen LogP contribution in [-0.2, 0) is 4.79 Å². The van der Waals surface area contributed by atoms with Crippen molar-refractivity contribution < 1.29 is 4.79 Å². The van der Waals surface area contributed by atoms with Crippen molar-refractivity contribution in [3.63, 3.8) is 0 Å². The summed E-state index contributed by atoms with van der Waals surface area (Å²) < 4.78 is 0. The molecule has 1 amide bonds. The molecule has 19 heavy (non-hydrogen) atoms. The van der Waals surface area contributed by atoms with Gasteiger partial charge in [0.05, 0.1) is 6.04 Å². The van der Waals surface area contributed by atoms with Gasteiger partial charge in [0.15, 0.2) is 0 Å². The number of carbonyl (C=O) groups excluding carboxylic acids is 1. The molecule has 1 aromatic rings. The molecule has 106 valence electrons. The normalized spacial score (nSPS) is 24.3. The number of aryl methyl sites for hydroxylation is 1. The molecule has 1 aliphatic rings. The molecule has 1 aromatic heterocycles. The van der Waals surface area contributed by atoms with E-state index in [1.54, 1.807) is 11.3 Å². The molecule has 2 atom stereocenters. The molecule has 4 heteroatoms. The van der Waals surface area contributed by atoms with Crippen LogP contribution in [0.25, 0.3) is 0 Å². The number of thiophene rings is 1. The zero-order valence-electron chi connectivity index (χ0n) is 12.5. The van der Waals surface area contributed by atoms with Crippen LogP contribution in [0, 0.1) is 12.3 Å². The van der Waals surface area contributed by atoms with Gasteiger partial charge < -0.3 is 4.90 Å². The summed E-state index contributed by atoms with van der Waals surface area (Å²) in [4.78, 5) is 16.8. The Morgan fingerprint density at radius 2 is 2.05 bits per heavy atom. The summed E-state index contributed by atoms with van der Waals surface area (Å²) in [6.07, 6.45) is 1.08. The summed E-state index contributed by atoms with van der Waals surface area (Å²) in [5, 5.41) is 3.41. The maximum Gasteiger partial charge on any atom is 0.241 e. The van der Waals surface area contributed by atoms with Gasteiger partial charge in [-0.15, -0.1) is 11.3 Å². The molecule has 1 saturated heterocycles. The minimum absolute atomic E-state index is 0.0588. The number of nitrogens with one attached hydrogen (secondary N) is 1. The van der Waals surface area contributed by atoms with Crippen molar-refractivity contribution in [1.82, 2.24) is 10.2 Å². The number of rotatable bonds is 3. The van der Waals surface area contributed by atoms with E-state index < -0.39 is 0 Å². The number of hydrogen-bond donors (Lipinski definition) is 1. The maximum absolute atomic E-state index is 12.3. The summed E-state index contributed by atoms with van der Waals surface area (Å²) in [6.45, 7) is 11.5. The van der Waals surface area contributed by atoms with Crippen LogP contribution in [0.15, 0.2) is 12.1 Å². The molecule has 1 aliphatic heterocycles. The van der Waals surface area contributed by atoms with Crippen LogP contribution in [0.2, 0.25) is 0 Å². The van der Waals surface area contributed by atoms with Gasteiger partial charge in [0, 0.05) is 16.3 Å². The maximum atomic E-state index is 12.3. The van der Waals surface area contributed by atoms with Gasteiger partial charge in [-0.25, -0.2) is 0 Å². The first kappa shape index (κ1) is 14.5. The topological polar surface area (TPSA) is 32.3 Å². The Kier molecular flexibility index (Phi) is 4.02. The first-order valence-corrected chi connectivity index (χ1v) is 7.72. The smallest absolute Gasteiger partial charge is 0.241 e. The van der Waals surface area contributed by atoms with E-state index in [1.807, 2.05) is 11.8 Å². The molecule has 0 spiro atoms. The van der Waals surface area contributed by atoms with Crippen molar-refractivity contribution >= 4 is 17.2 Å². The summed E-state index contributed by atoms with van der Waals surface area (Å²) in [5.74, 6) is 0.223. The Hall–Kier alpha value is -0.870. The van der Waals surface area contributed by atoms with E-state index in [0.29, 0.717) is 0 Å². The number of carbonyl (C=O) groups is 1. The highest BCUT2D eigenvalue weighted by atomic mass is 32.1. The molecule has 1 fully saturated rings. The lowest BCUT2D eigenvalue weighted by molar-refractivity contribution is -0.130. The SMILES string of the molecule is Cc1ccc(C2NC(C)C(=O)N2CCC(C)(C)C)s1. The van der Waals surface area contributed by atoms with E-state index in [1.165, 1.54) is 9.75 Å². The monoisotopic (exact) mass is 280 g/mol. The van der Waals surface area contributed by atoms with E-state index in [9.17, 15) is 4.79 Å². The van der Waals surface area contributed by atoms with Gasteiger partial charge in [-0.3, -0.25) is 10.1 Å². The zero-order valence-corrected chi connectivity index (χ0v) is 13.3. The first-order chi connectivity index (χ1) is 8.78. The molecule has 2 heterocycles. The number of nitrogens with zero attached hydrogens (tertiary/aromatic N) is 1. The quantitative estimate of drug-likeness (QED) is 0.921. The summed E-state index contributed by atoms with van der Waals surface area (Å²) in [6, 6.07) is 4.18. The molecular weight excluding hydrogens is 256 g/mol. The predicted octanol–water partition coefficient (Wildman–Crippen LogP) is 3.31. The molecule has 0 aromatic carbocycles. The first-order valence-electron chi connectivity index (χ1n) is 6.91. The van der Waals surface area contributed by atoms with Crippen molar-refractivity contribution in [1.29, 1.82) is 0 Å². The Balaban J connectivity index is 2.14. The van der Waals surface area contributed by atoms with Gasteiger partial charge in [0.25, 0.3) is 0 Å². The molecule has 0 saturated carbocycles. The zero-order chi connectivity index (χ0) is 14.2. The van der Waals surface area contributed by atoms with Crippen LogP contribution in [0.3, 0.4) is 0 Å². The third-order valence-corrected chi connectivity index (χ3v) is 4.56. The molecule has 0 bridgehead atoms. The minimum Gasteiger partial charge on any atom is -0.321 e. The fraction of sp³-hybridized carbons (Fsp3) is 0.667. The number of hydrogen-bond acceptors (Lipinski definition) is 3. The van der Waals surface area contributed by atoms with E-state index in [0.717, 1.165) is 13.0 Å². The van der Waals surface area contributed by atoms with Crippen LogP contribution < -0.4 is 5.32 Å². The van der Waals surface area contributed by atoms with Crippen LogP contribution in [0.4, 0.5) is 0 Å². The van der Waals surface area contributed by atoms with E-state index in [2.05, 4.69) is 45.1 Å². The summed E-state index contributed by atoms with van der Waals surface area (Å²) in [5.41, 5.74) is 0.252. The van der Waals surface area contributed by atoms with Crippen LogP contribution >= 0.6 is 11.3 Å². The van der Waals surface area contributed by atoms with Crippen molar-refractivity contribution in [3.8, 4) is 0 Å². The molecule has 3 nitrogen and oxygen atoms in total. The highest BCUT2D eigenvalue weighted by Gasteiger charge is 2.37. The fourth-order valence-corrected chi connectivity index (χ4v) is 3.26. The number of amides is 1. The Bertz CT molecular complexity index is 461. The van der Waals surface area contributed by atoms with Gasteiger partial charge in [-0.05, 0) is 37.8 Å². The molecular formula is C15H24N2OS. The van der Waals surface area contributed by atoms with Crippen molar-refractivity contribution in [3.05, 3.63) is 21.9 Å². The second-order valence-corrected chi connectivity index (χ2v) is 7.90. The highest BCUT2D eigenvalue weighted by Crippen LogP contribution is 2.31. The average molecular weight is 280 g/mol. The lowest BCUT2D eigenvalue weighted by atomic mass is 9.92. The minimum atomic E-state index is -0.0765. The fourth-order valence-electron chi connectivity index (χ4n) is 2.31. The third-order valence-electron chi connectivity index (χ3n) is 3.51. The van der Waals surface area contributed by atoms with E-state index in [4.69, 9.17) is 0 Å². The predicted molar refractivity (Wildman–Crippen MR) is 80.2 cm³/mol. The molecule has 0 radical (unpaired) electrons. The van der Waals surface area contributed by atoms with Gasteiger partial charge in [-0.2, -0.15) is 0 Å². The Labute approximate surface area is 120 Å². The Morgan fingerprint density at radius 3 is 2.58 bits per heavy atom. The lowest BCUT2D eigenvalue weighted by Gasteiger charge is -2.27. The molecule has 2 unspecified atom stereocenters. The summed E-state index contributed by atoms with van der Waals surface area (Å²) in [7, 11) is 0. The van der Waals surface area contributed by atoms with Gasteiger partial charge >= 0.3 is 0 Å². The second-order valence-electron chi connectivity index (χ2n) is 6.58. The van der Waals surface area contributed by atoms with Crippen LogP contribution in [0.1, 0.15) is 50.0 Å². The van der Waals surface area contributed by atoms with Crippen LogP contribution in [-0.4, -0.2) is 23.4 Å². The van der Waals surface area contributed by atoms with E-state index in [-0.39, 0.29) is 23.5 Å². The largest absolute Gasteiger partial charge is 0.321 e. The van der Waals surface area contributed by atoms with Gasteiger partial charge in [-0.1, -0.05) is 20.8 Å². The third kappa shape index (κ3) is 3.37. The summed E-state index contributed by atoms with van der Waals surface area (Å²) >= 11 is 1.77. The Morgan fingerprint density at radius 1 is 1.37 bits per heavy atom. The molecule has 2 rings (SSSR count). The second kappa shape index (κ2) is 5.25.